The van der Waals surface area contributed by atoms with Crippen LogP contribution in [-0.4, -0.2) is 22.8 Å². The predicted molar refractivity (Wildman–Crippen MR) is 78.7 cm³/mol. The van der Waals surface area contributed by atoms with E-state index in [0.717, 1.165) is 12.1 Å². The Labute approximate surface area is 130 Å². The van der Waals surface area contributed by atoms with Crippen LogP contribution >= 0.6 is 0 Å². The fourth-order valence-electron chi connectivity index (χ4n) is 1.85. The summed E-state index contributed by atoms with van der Waals surface area (Å²) in [6.45, 7) is 1.40. The second-order valence-electron chi connectivity index (χ2n) is 4.72. The molecule has 0 N–H and O–H groups in total. The third-order valence-corrected chi connectivity index (χ3v) is 3.10. The first kappa shape index (κ1) is 16.3. The monoisotopic (exact) mass is 317 g/mol. The Morgan fingerprint density at radius 1 is 1.04 bits per heavy atom. The van der Waals surface area contributed by atoms with E-state index in [1.807, 2.05) is 0 Å². The van der Waals surface area contributed by atoms with Crippen LogP contribution in [0, 0.1) is 15.9 Å². The van der Waals surface area contributed by atoms with Crippen molar-refractivity contribution in [1.82, 2.24) is 0 Å². The molecule has 0 unspecified atom stereocenters. The summed E-state index contributed by atoms with van der Waals surface area (Å²) in [6, 6.07) is 9.70. The number of hydrogen-bond acceptors (Lipinski definition) is 5. The first-order chi connectivity index (χ1) is 10.9. The molecule has 0 saturated carbocycles. The fourth-order valence-corrected chi connectivity index (χ4v) is 1.85. The van der Waals surface area contributed by atoms with Gasteiger partial charge in [0.15, 0.2) is 6.10 Å². The lowest BCUT2D eigenvalue weighted by molar-refractivity contribution is -0.384. The summed E-state index contributed by atoms with van der Waals surface area (Å²) in [5.41, 5.74) is 0.154. The molecule has 2 aromatic carbocycles. The van der Waals surface area contributed by atoms with Gasteiger partial charge in [-0.1, -0.05) is 0 Å². The highest BCUT2D eigenvalue weighted by molar-refractivity contribution is 6.01. The largest absolute Gasteiger partial charge is 0.451 e. The lowest BCUT2D eigenvalue weighted by atomic mass is 10.1. The standard InChI is InChI=1S/C16H12FNO5/c1-10(15(19)11-2-6-13(17)7-3-11)23-16(20)12-4-8-14(9-5-12)18(21)22/h2-10H,1H3/t10-/m0/s1. The van der Waals surface area contributed by atoms with E-state index in [9.17, 15) is 24.1 Å². The number of ether oxygens (including phenoxy) is 1. The van der Waals surface area contributed by atoms with Crippen molar-refractivity contribution in [3.8, 4) is 0 Å². The number of nitro groups is 1. The molecule has 0 radical (unpaired) electrons. The third kappa shape index (κ3) is 3.97. The van der Waals surface area contributed by atoms with Gasteiger partial charge in [-0.05, 0) is 43.3 Å². The molecule has 0 aliphatic carbocycles. The van der Waals surface area contributed by atoms with E-state index in [1.54, 1.807) is 0 Å². The summed E-state index contributed by atoms with van der Waals surface area (Å²) in [5, 5.41) is 10.5. The van der Waals surface area contributed by atoms with Gasteiger partial charge in [-0.15, -0.1) is 0 Å². The highest BCUT2D eigenvalue weighted by atomic mass is 19.1. The number of ketones is 1. The van der Waals surface area contributed by atoms with Crippen molar-refractivity contribution in [3.05, 3.63) is 75.6 Å². The van der Waals surface area contributed by atoms with Crippen LogP contribution in [0.4, 0.5) is 10.1 Å². The first-order valence-electron chi connectivity index (χ1n) is 6.63. The number of nitro benzene ring substituents is 1. The minimum Gasteiger partial charge on any atom is -0.451 e. The SMILES string of the molecule is C[C@H](OC(=O)c1ccc([N+](=O)[O-])cc1)C(=O)c1ccc(F)cc1. The van der Waals surface area contributed by atoms with Crippen molar-refractivity contribution in [2.45, 2.75) is 13.0 Å². The van der Waals surface area contributed by atoms with E-state index in [2.05, 4.69) is 0 Å². The van der Waals surface area contributed by atoms with Crippen LogP contribution in [0.15, 0.2) is 48.5 Å². The van der Waals surface area contributed by atoms with Crippen molar-refractivity contribution < 1.29 is 23.6 Å². The zero-order valence-corrected chi connectivity index (χ0v) is 12.1. The number of carbonyl (C=O) groups excluding carboxylic acids is 2. The molecule has 2 rings (SSSR count). The van der Waals surface area contributed by atoms with Gasteiger partial charge in [-0.3, -0.25) is 14.9 Å². The third-order valence-electron chi connectivity index (χ3n) is 3.10. The molecular weight excluding hydrogens is 305 g/mol. The number of carbonyl (C=O) groups is 2. The second kappa shape index (κ2) is 6.78. The average molecular weight is 317 g/mol. The van der Waals surface area contributed by atoms with Gasteiger partial charge in [0.05, 0.1) is 10.5 Å². The summed E-state index contributed by atoms with van der Waals surface area (Å²) in [4.78, 5) is 34.0. The van der Waals surface area contributed by atoms with Crippen molar-refractivity contribution >= 4 is 17.4 Å². The second-order valence-corrected chi connectivity index (χ2v) is 4.72. The molecule has 0 spiro atoms. The van der Waals surface area contributed by atoms with Crippen LogP contribution < -0.4 is 0 Å². The van der Waals surface area contributed by atoms with E-state index >= 15 is 0 Å². The molecule has 0 aliphatic rings. The molecule has 0 saturated heterocycles. The number of benzene rings is 2. The Morgan fingerprint density at radius 3 is 2.09 bits per heavy atom. The van der Waals surface area contributed by atoms with Crippen molar-refractivity contribution in [2.75, 3.05) is 0 Å². The number of esters is 1. The number of Topliss-reactive ketones (excluding diaryl/α,β-unsaturated/α-hetero) is 1. The van der Waals surface area contributed by atoms with Crippen LogP contribution in [0.1, 0.15) is 27.6 Å². The molecule has 0 fully saturated rings. The molecule has 118 valence electrons. The van der Waals surface area contributed by atoms with Gasteiger partial charge in [-0.2, -0.15) is 0 Å². The highest BCUT2D eigenvalue weighted by Gasteiger charge is 2.20. The number of hydrogen-bond donors (Lipinski definition) is 0. The maximum absolute atomic E-state index is 12.8. The molecule has 0 aromatic heterocycles. The van der Waals surface area contributed by atoms with Gasteiger partial charge in [0.1, 0.15) is 5.82 Å². The Kier molecular flexibility index (Phi) is 4.80. The molecule has 0 heterocycles. The molecule has 1 atom stereocenters. The van der Waals surface area contributed by atoms with Gasteiger partial charge >= 0.3 is 5.97 Å². The number of rotatable bonds is 5. The topological polar surface area (TPSA) is 86.5 Å². The summed E-state index contributed by atoms with van der Waals surface area (Å²) >= 11 is 0. The number of nitrogens with zero attached hydrogens (tertiary/aromatic N) is 1. The first-order valence-corrected chi connectivity index (χ1v) is 6.63. The Balaban J connectivity index is 2.05. The average Bonchev–Trinajstić information content (AvgIpc) is 2.54. The quantitative estimate of drug-likeness (QED) is 0.366. The van der Waals surface area contributed by atoms with Crippen LogP contribution in [0.2, 0.25) is 0 Å². The lowest BCUT2D eigenvalue weighted by Gasteiger charge is -2.12. The summed E-state index contributed by atoms with van der Waals surface area (Å²) in [6.07, 6.45) is -1.07. The van der Waals surface area contributed by atoms with Gasteiger partial charge in [0.2, 0.25) is 5.78 Å². The Hall–Kier alpha value is -3.09. The summed E-state index contributed by atoms with van der Waals surface area (Å²) in [5.74, 6) is -1.72. The van der Waals surface area contributed by atoms with E-state index < -0.39 is 28.6 Å². The zero-order chi connectivity index (χ0) is 17.0. The lowest BCUT2D eigenvalue weighted by Crippen LogP contribution is -2.24. The molecule has 0 aliphatic heterocycles. The van der Waals surface area contributed by atoms with Gasteiger partial charge in [0, 0.05) is 17.7 Å². The van der Waals surface area contributed by atoms with Crippen molar-refractivity contribution in [2.24, 2.45) is 0 Å². The highest BCUT2D eigenvalue weighted by Crippen LogP contribution is 2.14. The summed E-state index contributed by atoms with van der Waals surface area (Å²) < 4.78 is 17.9. The molecule has 7 heteroatoms. The van der Waals surface area contributed by atoms with Gasteiger partial charge in [0.25, 0.3) is 5.69 Å². The number of halogens is 1. The minimum atomic E-state index is -1.07. The van der Waals surface area contributed by atoms with Crippen molar-refractivity contribution in [3.63, 3.8) is 0 Å². The molecule has 0 bridgehead atoms. The predicted octanol–water partition coefficient (Wildman–Crippen LogP) is 3.16. The Morgan fingerprint density at radius 2 is 1.57 bits per heavy atom. The van der Waals surface area contributed by atoms with Gasteiger partial charge < -0.3 is 4.74 Å². The minimum absolute atomic E-state index is 0.0920. The Bertz CT molecular complexity index is 740. The van der Waals surface area contributed by atoms with Crippen LogP contribution in [0.25, 0.3) is 0 Å². The zero-order valence-electron chi connectivity index (χ0n) is 12.1. The van der Waals surface area contributed by atoms with E-state index in [-0.39, 0.29) is 16.8 Å². The van der Waals surface area contributed by atoms with Crippen LogP contribution in [-0.2, 0) is 4.74 Å². The maximum atomic E-state index is 12.8. The smallest absolute Gasteiger partial charge is 0.338 e. The fraction of sp³-hybridized carbons (Fsp3) is 0.125. The van der Waals surface area contributed by atoms with E-state index in [4.69, 9.17) is 4.74 Å². The number of non-ortho nitro benzene ring substituents is 1. The van der Waals surface area contributed by atoms with Crippen molar-refractivity contribution in [1.29, 1.82) is 0 Å². The summed E-state index contributed by atoms with van der Waals surface area (Å²) in [7, 11) is 0. The van der Waals surface area contributed by atoms with E-state index in [0.29, 0.717) is 0 Å². The van der Waals surface area contributed by atoms with Crippen LogP contribution in [0.5, 0.6) is 0 Å². The van der Waals surface area contributed by atoms with Gasteiger partial charge in [-0.25, -0.2) is 9.18 Å². The molecule has 2 aromatic rings. The molecular formula is C16H12FNO5. The normalized spacial score (nSPS) is 11.6. The molecule has 6 nitrogen and oxygen atoms in total. The molecule has 0 amide bonds. The van der Waals surface area contributed by atoms with E-state index in [1.165, 1.54) is 43.3 Å². The molecule has 23 heavy (non-hydrogen) atoms. The van der Waals surface area contributed by atoms with Crippen LogP contribution in [0.3, 0.4) is 0 Å². The maximum Gasteiger partial charge on any atom is 0.338 e.